The second-order valence-corrected chi connectivity index (χ2v) is 4.59. The molecule has 0 aliphatic rings. The summed E-state index contributed by atoms with van der Waals surface area (Å²) in [5.41, 5.74) is 2.09. The lowest BCUT2D eigenvalue weighted by atomic mass is 10.1. The first-order chi connectivity index (χ1) is 8.97. The molecule has 0 bridgehead atoms. The summed E-state index contributed by atoms with van der Waals surface area (Å²) in [6.45, 7) is 1.20. The van der Waals surface area contributed by atoms with Crippen LogP contribution >= 0.6 is 0 Å². The number of carboxylic acid groups (broad SMARTS) is 2. The average Bonchev–Trinajstić information content (AvgIpc) is 2.35. The van der Waals surface area contributed by atoms with Crippen LogP contribution in [0.2, 0.25) is 0 Å². The minimum atomic E-state index is -0.795. The first-order valence-corrected chi connectivity index (χ1v) is 6.17. The quantitative estimate of drug-likeness (QED) is 0.746. The zero-order valence-electron chi connectivity index (χ0n) is 11.0. The van der Waals surface area contributed by atoms with Crippen LogP contribution in [0.25, 0.3) is 0 Å². The number of hydrogen-bond donors (Lipinski definition) is 2. The van der Waals surface area contributed by atoms with E-state index in [2.05, 4.69) is 0 Å². The summed E-state index contributed by atoms with van der Waals surface area (Å²) in [7, 11) is 1.88. The van der Waals surface area contributed by atoms with E-state index in [1.54, 1.807) is 0 Å². The third kappa shape index (κ3) is 6.57. The van der Waals surface area contributed by atoms with E-state index in [9.17, 15) is 9.59 Å². The van der Waals surface area contributed by atoms with Crippen molar-refractivity contribution >= 4 is 11.9 Å². The molecule has 19 heavy (non-hydrogen) atoms. The molecule has 0 unspecified atom stereocenters. The Hall–Kier alpha value is -1.88. The fourth-order valence-corrected chi connectivity index (χ4v) is 1.74. The molecule has 0 heterocycles. The summed E-state index contributed by atoms with van der Waals surface area (Å²) < 4.78 is 0. The lowest BCUT2D eigenvalue weighted by Crippen LogP contribution is -2.21. The molecule has 1 aromatic rings. The number of aliphatic carboxylic acids is 2. The van der Waals surface area contributed by atoms with E-state index in [-0.39, 0.29) is 12.8 Å². The zero-order chi connectivity index (χ0) is 14.3. The highest BCUT2D eigenvalue weighted by Crippen LogP contribution is 2.09. The molecule has 5 nitrogen and oxygen atoms in total. The van der Waals surface area contributed by atoms with Crippen molar-refractivity contribution in [3.8, 4) is 0 Å². The van der Waals surface area contributed by atoms with Gasteiger partial charge in [-0.25, -0.2) is 0 Å². The second-order valence-electron chi connectivity index (χ2n) is 4.59. The first kappa shape index (κ1) is 15.2. The minimum absolute atomic E-state index is 0.132. The largest absolute Gasteiger partial charge is 0.481 e. The molecule has 0 saturated heterocycles. The molecule has 1 aromatic carbocycles. The Balaban J connectivity index is 2.43. The molecule has 0 atom stereocenters. The van der Waals surface area contributed by atoms with Crippen molar-refractivity contribution in [1.29, 1.82) is 0 Å². The highest BCUT2D eigenvalue weighted by molar-refractivity contribution is 5.67. The third-order valence-electron chi connectivity index (χ3n) is 2.81. The Morgan fingerprint density at radius 2 is 1.53 bits per heavy atom. The van der Waals surface area contributed by atoms with Crippen LogP contribution in [0.4, 0.5) is 0 Å². The molecule has 104 valence electrons. The van der Waals surface area contributed by atoms with Crippen LogP contribution in [0.15, 0.2) is 24.3 Å². The van der Waals surface area contributed by atoms with Crippen LogP contribution in [-0.2, 0) is 22.6 Å². The number of aryl methyl sites for hydroxylation is 1. The number of carboxylic acids is 2. The normalized spacial score (nSPS) is 10.6. The summed E-state index contributed by atoms with van der Waals surface area (Å²) in [6.07, 6.45) is 0.801. The van der Waals surface area contributed by atoms with Gasteiger partial charge in [0.2, 0.25) is 0 Å². The highest BCUT2D eigenvalue weighted by Gasteiger charge is 2.04. The molecule has 0 aromatic heterocycles. The first-order valence-electron chi connectivity index (χ1n) is 6.17. The minimum Gasteiger partial charge on any atom is -0.481 e. The van der Waals surface area contributed by atoms with Crippen molar-refractivity contribution in [2.24, 2.45) is 0 Å². The molecule has 2 N–H and O–H groups in total. The molecule has 0 amide bonds. The number of carbonyl (C=O) groups is 2. The molecule has 0 aliphatic heterocycles. The molecule has 0 spiro atoms. The number of hydrogen-bond acceptors (Lipinski definition) is 3. The van der Waals surface area contributed by atoms with Gasteiger partial charge in [0.1, 0.15) is 0 Å². The Bertz CT molecular complexity index is 428. The fraction of sp³-hybridized carbons (Fsp3) is 0.429. The van der Waals surface area contributed by atoms with Gasteiger partial charge in [0.15, 0.2) is 0 Å². The van der Waals surface area contributed by atoms with Gasteiger partial charge in [0, 0.05) is 19.5 Å². The van der Waals surface area contributed by atoms with E-state index >= 15 is 0 Å². The van der Waals surface area contributed by atoms with Crippen LogP contribution in [0.3, 0.4) is 0 Å². The predicted octanol–water partition coefficient (Wildman–Crippen LogP) is 1.61. The smallest absolute Gasteiger partial charge is 0.304 e. The predicted molar refractivity (Wildman–Crippen MR) is 71.0 cm³/mol. The topological polar surface area (TPSA) is 77.8 Å². The van der Waals surface area contributed by atoms with E-state index < -0.39 is 11.9 Å². The van der Waals surface area contributed by atoms with E-state index in [1.165, 1.54) is 0 Å². The number of rotatable bonds is 8. The summed E-state index contributed by atoms with van der Waals surface area (Å²) in [4.78, 5) is 22.9. The van der Waals surface area contributed by atoms with Gasteiger partial charge in [-0.05, 0) is 24.6 Å². The van der Waals surface area contributed by atoms with Crippen molar-refractivity contribution in [1.82, 2.24) is 4.90 Å². The Morgan fingerprint density at radius 3 is 2.05 bits per heavy atom. The standard InChI is InChI=1S/C14H19NO4/c1-15(9-8-14(18)19)10-12-4-2-11(3-5-12)6-7-13(16)17/h2-5H,6-10H2,1H3,(H,16,17)(H,18,19). The SMILES string of the molecule is CN(CCC(=O)O)Cc1ccc(CCC(=O)O)cc1. The zero-order valence-corrected chi connectivity index (χ0v) is 11.0. The van der Waals surface area contributed by atoms with Gasteiger partial charge in [-0.2, -0.15) is 0 Å². The van der Waals surface area contributed by atoms with Gasteiger partial charge in [-0.15, -0.1) is 0 Å². The lowest BCUT2D eigenvalue weighted by molar-refractivity contribution is -0.138. The van der Waals surface area contributed by atoms with Crippen LogP contribution in [0.5, 0.6) is 0 Å². The molecule has 0 radical (unpaired) electrons. The van der Waals surface area contributed by atoms with Gasteiger partial charge >= 0.3 is 11.9 Å². The molecule has 0 fully saturated rings. The van der Waals surface area contributed by atoms with E-state index in [1.807, 2.05) is 36.2 Å². The van der Waals surface area contributed by atoms with Crippen molar-refractivity contribution < 1.29 is 19.8 Å². The van der Waals surface area contributed by atoms with Gasteiger partial charge < -0.3 is 15.1 Å². The van der Waals surface area contributed by atoms with Gasteiger partial charge in [-0.1, -0.05) is 24.3 Å². The van der Waals surface area contributed by atoms with Crippen molar-refractivity contribution in [3.05, 3.63) is 35.4 Å². The molecule has 0 aliphatic carbocycles. The molecular formula is C14H19NO4. The maximum Gasteiger partial charge on any atom is 0.304 e. The summed E-state index contributed by atoms with van der Waals surface area (Å²) in [5, 5.41) is 17.2. The summed E-state index contributed by atoms with van der Waals surface area (Å²) in [6, 6.07) is 7.75. The van der Waals surface area contributed by atoms with E-state index in [0.717, 1.165) is 11.1 Å². The maximum atomic E-state index is 10.5. The monoisotopic (exact) mass is 265 g/mol. The van der Waals surface area contributed by atoms with Crippen LogP contribution < -0.4 is 0 Å². The summed E-state index contributed by atoms with van der Waals surface area (Å²) in [5.74, 6) is -1.59. The highest BCUT2D eigenvalue weighted by atomic mass is 16.4. The van der Waals surface area contributed by atoms with Crippen molar-refractivity contribution in [2.45, 2.75) is 25.8 Å². The lowest BCUT2D eigenvalue weighted by Gasteiger charge is -2.15. The third-order valence-corrected chi connectivity index (χ3v) is 2.81. The fourth-order valence-electron chi connectivity index (χ4n) is 1.74. The van der Waals surface area contributed by atoms with Gasteiger partial charge in [0.25, 0.3) is 0 Å². The molecule has 0 saturated carbocycles. The van der Waals surface area contributed by atoms with E-state index in [0.29, 0.717) is 19.5 Å². The van der Waals surface area contributed by atoms with Gasteiger partial charge in [0.05, 0.1) is 6.42 Å². The van der Waals surface area contributed by atoms with Crippen LogP contribution in [-0.4, -0.2) is 40.6 Å². The number of nitrogens with zero attached hydrogens (tertiary/aromatic N) is 1. The Labute approximate surface area is 112 Å². The van der Waals surface area contributed by atoms with Crippen molar-refractivity contribution in [3.63, 3.8) is 0 Å². The van der Waals surface area contributed by atoms with Gasteiger partial charge in [-0.3, -0.25) is 9.59 Å². The molecule has 1 rings (SSSR count). The van der Waals surface area contributed by atoms with Crippen molar-refractivity contribution in [2.75, 3.05) is 13.6 Å². The average molecular weight is 265 g/mol. The molecular weight excluding hydrogens is 246 g/mol. The van der Waals surface area contributed by atoms with Crippen LogP contribution in [0.1, 0.15) is 24.0 Å². The number of benzene rings is 1. The van der Waals surface area contributed by atoms with Crippen LogP contribution in [0, 0.1) is 0 Å². The second kappa shape index (κ2) is 7.53. The Kier molecular flexibility index (Phi) is 6.02. The Morgan fingerprint density at radius 1 is 1.00 bits per heavy atom. The molecule has 5 heteroatoms. The maximum absolute atomic E-state index is 10.5. The summed E-state index contributed by atoms with van der Waals surface area (Å²) >= 11 is 0. The van der Waals surface area contributed by atoms with E-state index in [4.69, 9.17) is 10.2 Å².